The van der Waals surface area contributed by atoms with E-state index in [4.69, 9.17) is 9.73 Å². The number of hydrogen-bond acceptors (Lipinski definition) is 8. The lowest BCUT2D eigenvalue weighted by molar-refractivity contribution is -0.139. The number of carbonyl (C=O) groups excluding carboxylic acids is 1. The predicted molar refractivity (Wildman–Crippen MR) is 120 cm³/mol. The third-order valence-corrected chi connectivity index (χ3v) is 6.18. The summed E-state index contributed by atoms with van der Waals surface area (Å²) in [5, 5.41) is 10.0. The van der Waals surface area contributed by atoms with Gasteiger partial charge in [0.2, 0.25) is 0 Å². The molecule has 1 aromatic carbocycles. The van der Waals surface area contributed by atoms with E-state index < -0.39 is 12.0 Å². The van der Waals surface area contributed by atoms with E-state index in [9.17, 15) is 9.18 Å². The summed E-state index contributed by atoms with van der Waals surface area (Å²) in [7, 11) is 2.09. The molecule has 1 unspecified atom stereocenters. The number of likely N-dealkylation sites (N-methyl/N-ethyl adjacent to an activating group) is 1. The first-order valence-electron chi connectivity index (χ1n) is 10.4. The number of aromatic amines is 1. The Morgan fingerprint density at radius 3 is 2.75 bits per heavy atom. The average molecular weight is 506 g/mol. The molecule has 0 saturated carbocycles. The van der Waals surface area contributed by atoms with Crippen LogP contribution in [0.4, 0.5) is 4.39 Å². The smallest absolute Gasteiger partial charge is 0.338 e. The van der Waals surface area contributed by atoms with E-state index in [2.05, 4.69) is 53.3 Å². The zero-order chi connectivity index (χ0) is 22.7. The van der Waals surface area contributed by atoms with Gasteiger partial charge in [-0.1, -0.05) is 22.0 Å². The number of hydrogen-bond donors (Lipinski definition) is 2. The Morgan fingerprint density at radius 2 is 2.09 bits per heavy atom. The molecular formula is C21H25BrFN7O2. The van der Waals surface area contributed by atoms with E-state index in [0.29, 0.717) is 39.5 Å². The second-order valence-corrected chi connectivity index (χ2v) is 8.55. The van der Waals surface area contributed by atoms with E-state index in [1.165, 1.54) is 18.5 Å². The van der Waals surface area contributed by atoms with Gasteiger partial charge in [0.1, 0.15) is 18.2 Å². The lowest BCUT2D eigenvalue weighted by atomic mass is 9.95. The summed E-state index contributed by atoms with van der Waals surface area (Å²) in [6.07, 6.45) is 1.40. The van der Waals surface area contributed by atoms with Crippen LogP contribution in [0.15, 0.2) is 45.3 Å². The largest absolute Gasteiger partial charge is 0.463 e. The maximum Gasteiger partial charge on any atom is 0.338 e. The van der Waals surface area contributed by atoms with Gasteiger partial charge >= 0.3 is 5.97 Å². The van der Waals surface area contributed by atoms with Gasteiger partial charge < -0.3 is 15.0 Å². The van der Waals surface area contributed by atoms with Crippen LogP contribution in [0.25, 0.3) is 0 Å². The summed E-state index contributed by atoms with van der Waals surface area (Å²) in [5.74, 6) is 0.0759. The van der Waals surface area contributed by atoms with Gasteiger partial charge in [0.05, 0.1) is 12.2 Å². The Bertz CT molecular complexity index is 1030. The van der Waals surface area contributed by atoms with E-state index in [0.717, 1.165) is 26.2 Å². The summed E-state index contributed by atoms with van der Waals surface area (Å²) in [4.78, 5) is 26.6. The Hall–Kier alpha value is -2.63. The quantitative estimate of drug-likeness (QED) is 0.578. The number of piperazine rings is 1. The normalized spacial score (nSPS) is 20.1. The minimum Gasteiger partial charge on any atom is -0.463 e. The zero-order valence-corrected chi connectivity index (χ0v) is 19.5. The van der Waals surface area contributed by atoms with Crippen LogP contribution >= 0.6 is 15.9 Å². The highest BCUT2D eigenvalue weighted by atomic mass is 79.9. The van der Waals surface area contributed by atoms with Gasteiger partial charge in [-0.3, -0.25) is 15.0 Å². The molecule has 2 aliphatic heterocycles. The molecule has 2 aliphatic rings. The maximum atomic E-state index is 13.8. The van der Waals surface area contributed by atoms with Gasteiger partial charge in [-0.25, -0.2) is 14.2 Å². The molecule has 1 aromatic heterocycles. The molecule has 1 fully saturated rings. The van der Waals surface area contributed by atoms with Crippen LogP contribution in [0, 0.1) is 5.82 Å². The molecule has 9 nitrogen and oxygen atoms in total. The summed E-state index contributed by atoms with van der Waals surface area (Å²) >= 11 is 3.44. The number of halogens is 2. The predicted octanol–water partition coefficient (Wildman–Crippen LogP) is 1.86. The molecule has 1 atom stereocenters. The molecule has 2 N–H and O–H groups in total. The number of rotatable bonds is 6. The van der Waals surface area contributed by atoms with Crippen molar-refractivity contribution in [3.05, 3.63) is 57.5 Å². The first kappa shape index (κ1) is 22.6. The second kappa shape index (κ2) is 9.88. The zero-order valence-electron chi connectivity index (χ0n) is 17.9. The molecular weight excluding hydrogens is 481 g/mol. The van der Waals surface area contributed by atoms with Crippen molar-refractivity contribution in [3.63, 3.8) is 0 Å². The monoisotopic (exact) mass is 505 g/mol. The molecule has 1 saturated heterocycles. The molecule has 11 heteroatoms. The molecule has 0 amide bonds. The lowest BCUT2D eigenvalue weighted by Gasteiger charge is -2.35. The van der Waals surface area contributed by atoms with E-state index in [1.54, 1.807) is 13.0 Å². The van der Waals surface area contributed by atoms with Crippen molar-refractivity contribution in [1.82, 2.24) is 30.3 Å². The van der Waals surface area contributed by atoms with Crippen molar-refractivity contribution in [3.8, 4) is 0 Å². The topological polar surface area (TPSA) is 98.7 Å². The summed E-state index contributed by atoms with van der Waals surface area (Å²) in [6.45, 7) is 6.15. The highest BCUT2D eigenvalue weighted by Gasteiger charge is 2.34. The number of amidine groups is 1. The van der Waals surface area contributed by atoms with E-state index in [1.807, 2.05) is 0 Å². The Balaban J connectivity index is 1.79. The fourth-order valence-corrected chi connectivity index (χ4v) is 4.36. The van der Waals surface area contributed by atoms with Crippen molar-refractivity contribution in [2.75, 3.05) is 46.4 Å². The average Bonchev–Trinajstić information content (AvgIpc) is 3.30. The highest BCUT2D eigenvalue weighted by molar-refractivity contribution is 9.10. The van der Waals surface area contributed by atoms with Crippen LogP contribution in [0.2, 0.25) is 0 Å². The number of nitrogens with one attached hydrogen (secondary N) is 2. The third-order valence-electron chi connectivity index (χ3n) is 5.50. The molecule has 170 valence electrons. The summed E-state index contributed by atoms with van der Waals surface area (Å²) < 4.78 is 19.7. The molecule has 0 bridgehead atoms. The fraction of sp³-hybridized carbons (Fsp3) is 0.429. The molecule has 2 aromatic rings. The van der Waals surface area contributed by atoms with Crippen molar-refractivity contribution in [2.45, 2.75) is 13.0 Å². The number of ether oxygens (including phenoxy) is 1. The highest BCUT2D eigenvalue weighted by Crippen LogP contribution is 2.36. The standard InChI is InChI=1S/C21H25BrFN7O2/c1-3-32-21(31)17-16(11-30-8-6-29(2)7-9-30)26-20(19-24-12-25-28-19)27-18(17)14-5-4-13(23)10-15(14)22/h4-5,10,12,18H,3,6-9,11H2,1-2H3,(H,26,27)(H,24,25,28). The second-order valence-electron chi connectivity index (χ2n) is 7.70. The summed E-state index contributed by atoms with van der Waals surface area (Å²) in [6, 6.07) is 3.65. The van der Waals surface area contributed by atoms with Gasteiger partial charge in [-0.2, -0.15) is 5.10 Å². The first-order chi connectivity index (χ1) is 15.5. The van der Waals surface area contributed by atoms with Gasteiger partial charge in [0.25, 0.3) is 0 Å². The summed E-state index contributed by atoms with van der Waals surface area (Å²) in [5.41, 5.74) is 1.75. The van der Waals surface area contributed by atoms with Crippen LogP contribution in [-0.2, 0) is 9.53 Å². The number of benzene rings is 1. The minimum atomic E-state index is -0.701. The Labute approximate surface area is 193 Å². The van der Waals surface area contributed by atoms with E-state index in [-0.39, 0.29) is 12.4 Å². The fourth-order valence-electron chi connectivity index (χ4n) is 3.79. The van der Waals surface area contributed by atoms with Crippen molar-refractivity contribution in [1.29, 1.82) is 0 Å². The SMILES string of the molecule is CCOC(=O)C1=C(CN2CCN(C)CC2)NC(c2ncn[nH]2)=NC1c1ccc(F)cc1Br. The van der Waals surface area contributed by atoms with Crippen molar-refractivity contribution >= 4 is 27.7 Å². The van der Waals surface area contributed by atoms with Crippen molar-refractivity contribution < 1.29 is 13.9 Å². The number of H-pyrrole nitrogens is 1. The lowest BCUT2D eigenvalue weighted by Crippen LogP contribution is -2.47. The van der Waals surface area contributed by atoms with Gasteiger partial charge in [-0.05, 0) is 31.7 Å². The van der Waals surface area contributed by atoms with Crippen LogP contribution in [0.1, 0.15) is 24.4 Å². The third kappa shape index (κ3) is 4.89. The van der Waals surface area contributed by atoms with Gasteiger partial charge in [0.15, 0.2) is 11.7 Å². The molecule has 0 aliphatic carbocycles. The number of aliphatic imine (C=N–C) groups is 1. The molecule has 32 heavy (non-hydrogen) atoms. The minimum absolute atomic E-state index is 0.236. The van der Waals surface area contributed by atoms with Crippen LogP contribution < -0.4 is 5.32 Å². The van der Waals surface area contributed by atoms with Gasteiger partial charge in [-0.15, -0.1) is 0 Å². The molecule has 4 rings (SSSR count). The van der Waals surface area contributed by atoms with E-state index >= 15 is 0 Å². The Morgan fingerprint density at radius 1 is 1.31 bits per heavy atom. The van der Waals surface area contributed by atoms with Crippen LogP contribution in [-0.4, -0.2) is 83.2 Å². The van der Waals surface area contributed by atoms with Crippen LogP contribution in [0.5, 0.6) is 0 Å². The first-order valence-corrected chi connectivity index (χ1v) is 11.2. The molecule has 0 spiro atoms. The number of aromatic nitrogens is 3. The van der Waals surface area contributed by atoms with Gasteiger partial charge in [0, 0.05) is 42.9 Å². The van der Waals surface area contributed by atoms with Crippen LogP contribution in [0.3, 0.4) is 0 Å². The van der Waals surface area contributed by atoms with Crippen molar-refractivity contribution in [2.24, 2.45) is 4.99 Å². The number of nitrogens with zero attached hydrogens (tertiary/aromatic N) is 5. The maximum absolute atomic E-state index is 13.8. The Kier molecular flexibility index (Phi) is 6.97. The molecule has 0 radical (unpaired) electrons. The number of esters is 1. The molecule has 3 heterocycles. The number of carbonyl (C=O) groups is 1.